The Morgan fingerprint density at radius 2 is 1.62 bits per heavy atom. The normalized spacial score (nSPS) is 17.0. The maximum atomic E-state index is 12.6. The number of nitrogens with two attached hydrogens (primary N) is 1. The van der Waals surface area contributed by atoms with Crippen LogP contribution in [0.1, 0.15) is 32.3 Å². The molecule has 1 unspecified atom stereocenters. The van der Waals surface area contributed by atoms with Crippen LogP contribution in [-0.2, 0) is 19.1 Å². The molecular formula is C19H24N2O4S. The van der Waals surface area contributed by atoms with Gasteiger partial charge >= 0.3 is 11.9 Å². The van der Waals surface area contributed by atoms with Crippen molar-refractivity contribution in [2.45, 2.75) is 31.6 Å². The molecule has 2 rings (SSSR count). The highest BCUT2D eigenvalue weighted by Gasteiger charge is 2.38. The van der Waals surface area contributed by atoms with E-state index in [0.29, 0.717) is 11.3 Å². The molecular weight excluding hydrogens is 352 g/mol. The van der Waals surface area contributed by atoms with E-state index < -0.39 is 17.9 Å². The molecule has 1 aliphatic rings. The Kier molecular flexibility index (Phi) is 6.74. The topological polar surface area (TPSA) is 90.6 Å². The summed E-state index contributed by atoms with van der Waals surface area (Å²) in [4.78, 5) is 26.3. The van der Waals surface area contributed by atoms with Gasteiger partial charge in [-0.3, -0.25) is 0 Å². The summed E-state index contributed by atoms with van der Waals surface area (Å²) in [7, 11) is 0. The monoisotopic (exact) mass is 376 g/mol. The van der Waals surface area contributed by atoms with Crippen molar-refractivity contribution in [2.24, 2.45) is 5.73 Å². The predicted molar refractivity (Wildman–Crippen MR) is 101 cm³/mol. The van der Waals surface area contributed by atoms with Crippen LogP contribution in [-0.4, -0.2) is 31.4 Å². The third-order valence-corrected chi connectivity index (χ3v) is 4.78. The summed E-state index contributed by atoms with van der Waals surface area (Å²) >= 11 is 1.61. The Bertz CT molecular complexity index is 713. The van der Waals surface area contributed by atoms with Crippen molar-refractivity contribution >= 4 is 23.7 Å². The van der Waals surface area contributed by atoms with Gasteiger partial charge in [0.15, 0.2) is 0 Å². The number of allylic oxidation sites excluding steroid dienone is 1. The Balaban J connectivity index is 2.60. The molecule has 1 heterocycles. The van der Waals surface area contributed by atoms with Crippen molar-refractivity contribution in [3.8, 4) is 0 Å². The molecule has 0 fully saturated rings. The molecule has 1 aromatic rings. The van der Waals surface area contributed by atoms with Crippen molar-refractivity contribution in [3.63, 3.8) is 0 Å². The van der Waals surface area contributed by atoms with Gasteiger partial charge in [-0.05, 0) is 44.7 Å². The number of benzene rings is 1. The van der Waals surface area contributed by atoms with E-state index in [-0.39, 0.29) is 24.6 Å². The lowest BCUT2D eigenvalue weighted by molar-refractivity contribution is -0.139. The number of thioether (sulfide) groups is 1. The van der Waals surface area contributed by atoms with Crippen molar-refractivity contribution < 1.29 is 19.1 Å². The highest BCUT2D eigenvalue weighted by atomic mass is 32.2. The molecule has 0 aliphatic carbocycles. The molecule has 1 aromatic carbocycles. The zero-order valence-corrected chi connectivity index (χ0v) is 16.2. The maximum absolute atomic E-state index is 12.6. The lowest BCUT2D eigenvalue weighted by Gasteiger charge is -2.30. The molecule has 0 saturated heterocycles. The number of carbonyl (C=O) groups is 2. The van der Waals surface area contributed by atoms with Crippen LogP contribution in [0.4, 0.5) is 0 Å². The Morgan fingerprint density at radius 3 is 2.12 bits per heavy atom. The minimum atomic E-state index is -0.648. The van der Waals surface area contributed by atoms with Crippen LogP contribution in [0.3, 0.4) is 0 Å². The van der Waals surface area contributed by atoms with Crippen LogP contribution in [0, 0.1) is 0 Å². The minimum absolute atomic E-state index is 0.188. The number of dihydropyridines is 1. The molecule has 3 N–H and O–H groups in total. The molecule has 140 valence electrons. The van der Waals surface area contributed by atoms with E-state index in [4.69, 9.17) is 15.2 Å². The van der Waals surface area contributed by atoms with E-state index in [1.54, 1.807) is 32.5 Å². The van der Waals surface area contributed by atoms with Gasteiger partial charge in [0.05, 0.1) is 30.3 Å². The van der Waals surface area contributed by atoms with Gasteiger partial charge in [0, 0.05) is 10.6 Å². The number of carbonyl (C=O) groups excluding carboxylic acids is 2. The van der Waals surface area contributed by atoms with Gasteiger partial charge in [-0.25, -0.2) is 9.59 Å². The Labute approximate surface area is 157 Å². The average Bonchev–Trinajstić information content (AvgIpc) is 2.61. The quantitative estimate of drug-likeness (QED) is 0.583. The third kappa shape index (κ3) is 4.04. The predicted octanol–water partition coefficient (Wildman–Crippen LogP) is 2.67. The molecule has 1 atom stereocenters. The van der Waals surface area contributed by atoms with Gasteiger partial charge < -0.3 is 20.5 Å². The van der Waals surface area contributed by atoms with Crippen LogP contribution in [0.15, 0.2) is 51.8 Å². The van der Waals surface area contributed by atoms with E-state index in [1.165, 1.54) is 0 Å². The van der Waals surface area contributed by atoms with E-state index in [2.05, 4.69) is 5.32 Å². The summed E-state index contributed by atoms with van der Waals surface area (Å²) in [6.45, 7) is 5.65. The van der Waals surface area contributed by atoms with E-state index >= 15 is 0 Å². The van der Waals surface area contributed by atoms with Gasteiger partial charge in [0.25, 0.3) is 0 Å². The first-order valence-corrected chi connectivity index (χ1v) is 9.62. The minimum Gasteiger partial charge on any atom is -0.463 e. The van der Waals surface area contributed by atoms with Crippen molar-refractivity contribution in [1.29, 1.82) is 0 Å². The molecule has 0 aromatic heterocycles. The van der Waals surface area contributed by atoms with Crippen LogP contribution < -0.4 is 11.1 Å². The number of nitrogens with one attached hydrogen (secondary N) is 1. The SMILES string of the molecule is CCOC(=O)C1=C(C)NC(N)=C(C(=O)OCC)C1c1ccc(SC)cc1. The van der Waals surface area contributed by atoms with Gasteiger partial charge in [0.1, 0.15) is 5.82 Å². The zero-order chi connectivity index (χ0) is 19.3. The first kappa shape index (κ1) is 19.9. The number of ether oxygens (including phenoxy) is 2. The molecule has 7 heteroatoms. The molecule has 6 nitrogen and oxygen atoms in total. The third-order valence-electron chi connectivity index (χ3n) is 4.03. The summed E-state index contributed by atoms with van der Waals surface area (Å²) in [6, 6.07) is 7.67. The summed E-state index contributed by atoms with van der Waals surface area (Å²) < 4.78 is 10.4. The van der Waals surface area contributed by atoms with Gasteiger partial charge in [-0.1, -0.05) is 12.1 Å². The molecule has 1 aliphatic heterocycles. The molecule has 0 spiro atoms. The standard InChI is InChI=1S/C19H24N2O4S/c1-5-24-18(22)14-11(3)21-17(20)16(19(23)25-6-2)15(14)12-7-9-13(26-4)10-8-12/h7-10,15,21H,5-6,20H2,1-4H3. The Hall–Kier alpha value is -2.41. The van der Waals surface area contributed by atoms with E-state index in [0.717, 1.165) is 10.5 Å². The zero-order valence-electron chi connectivity index (χ0n) is 15.4. The summed E-state index contributed by atoms with van der Waals surface area (Å²) in [5.41, 5.74) is 8.02. The first-order valence-electron chi connectivity index (χ1n) is 8.40. The van der Waals surface area contributed by atoms with Gasteiger partial charge in [-0.2, -0.15) is 0 Å². The number of hydrogen-bond donors (Lipinski definition) is 2. The molecule has 0 bridgehead atoms. The molecule has 0 saturated carbocycles. The molecule has 0 radical (unpaired) electrons. The van der Waals surface area contributed by atoms with Crippen molar-refractivity contribution in [2.75, 3.05) is 19.5 Å². The van der Waals surface area contributed by atoms with Crippen molar-refractivity contribution in [1.82, 2.24) is 5.32 Å². The second-order valence-corrected chi connectivity index (χ2v) is 6.52. The van der Waals surface area contributed by atoms with Gasteiger partial charge in [-0.15, -0.1) is 11.8 Å². The van der Waals surface area contributed by atoms with Crippen molar-refractivity contribution in [3.05, 3.63) is 52.5 Å². The average molecular weight is 376 g/mol. The van der Waals surface area contributed by atoms with E-state index in [1.807, 2.05) is 30.5 Å². The van der Waals surface area contributed by atoms with Crippen LogP contribution in [0.5, 0.6) is 0 Å². The highest BCUT2D eigenvalue weighted by Crippen LogP contribution is 2.38. The van der Waals surface area contributed by atoms with Crippen LogP contribution in [0.2, 0.25) is 0 Å². The molecule has 26 heavy (non-hydrogen) atoms. The number of rotatable bonds is 6. The fourth-order valence-corrected chi connectivity index (χ4v) is 3.31. The highest BCUT2D eigenvalue weighted by molar-refractivity contribution is 7.98. The fourth-order valence-electron chi connectivity index (χ4n) is 2.90. The second-order valence-electron chi connectivity index (χ2n) is 5.64. The second kappa shape index (κ2) is 8.80. The molecule has 0 amide bonds. The summed E-state index contributed by atoms with van der Waals surface area (Å²) in [5, 5.41) is 2.91. The van der Waals surface area contributed by atoms with E-state index in [9.17, 15) is 9.59 Å². The Morgan fingerprint density at radius 1 is 1.08 bits per heavy atom. The lowest BCUT2D eigenvalue weighted by Crippen LogP contribution is -2.36. The first-order chi connectivity index (χ1) is 12.4. The van der Waals surface area contributed by atoms with Gasteiger partial charge in [0.2, 0.25) is 0 Å². The van der Waals surface area contributed by atoms with Crippen LogP contribution >= 0.6 is 11.8 Å². The summed E-state index contributed by atoms with van der Waals surface area (Å²) in [6.07, 6.45) is 1.98. The largest absolute Gasteiger partial charge is 0.463 e. The smallest absolute Gasteiger partial charge is 0.338 e. The maximum Gasteiger partial charge on any atom is 0.338 e. The fraction of sp³-hybridized carbons (Fsp3) is 0.368. The number of esters is 2. The number of hydrogen-bond acceptors (Lipinski definition) is 7. The summed E-state index contributed by atoms with van der Waals surface area (Å²) in [5.74, 6) is -1.49. The van der Waals surface area contributed by atoms with Crippen LogP contribution in [0.25, 0.3) is 0 Å². The lowest BCUT2D eigenvalue weighted by atomic mass is 9.81.